The third kappa shape index (κ3) is 4.77. The van der Waals surface area contributed by atoms with Gasteiger partial charge in [0, 0.05) is 10.8 Å². The fraction of sp³-hybridized carbons (Fsp3) is 0.750. The summed E-state index contributed by atoms with van der Waals surface area (Å²) in [5.74, 6) is 0.482. The molecule has 38 heavy (non-hydrogen) atoms. The first-order valence-corrected chi connectivity index (χ1v) is 19.4. The second kappa shape index (κ2) is 11.1. The molecule has 7 nitrogen and oxygen atoms in total. The molecule has 2 saturated heterocycles. The van der Waals surface area contributed by atoms with E-state index >= 15 is 0 Å². The van der Waals surface area contributed by atoms with Gasteiger partial charge < -0.3 is 22.4 Å². The predicted octanol–water partition coefficient (Wildman–Crippen LogP) is 6.23. The van der Waals surface area contributed by atoms with Crippen molar-refractivity contribution < 1.29 is 31.4 Å². The van der Waals surface area contributed by atoms with Crippen molar-refractivity contribution in [2.45, 2.75) is 120 Å². The smallest absolute Gasteiger partial charge is 0.338 e. The average Bonchev–Trinajstić information content (AvgIpc) is 3.37. The Kier molecular flexibility index (Phi) is 8.73. The van der Waals surface area contributed by atoms with Crippen molar-refractivity contribution in [2.24, 2.45) is 0 Å². The van der Waals surface area contributed by atoms with Gasteiger partial charge in [-0.25, -0.2) is 4.79 Å². The molecule has 1 saturated carbocycles. The first kappa shape index (κ1) is 29.9. The summed E-state index contributed by atoms with van der Waals surface area (Å²) in [6.45, 7) is 17.5. The van der Waals surface area contributed by atoms with Crippen LogP contribution in [0.1, 0.15) is 85.0 Å². The van der Waals surface area contributed by atoms with E-state index in [2.05, 4.69) is 55.4 Å². The van der Waals surface area contributed by atoms with E-state index in [0.29, 0.717) is 11.3 Å². The number of esters is 1. The lowest BCUT2D eigenvalue weighted by molar-refractivity contribution is -0.0487. The second-order valence-electron chi connectivity index (χ2n) is 12.3. The largest absolute Gasteiger partial charge is 0.497 e. The quantitative estimate of drug-likeness (QED) is 0.278. The molecule has 0 N–H and O–H groups in total. The number of carbonyl (C=O) groups excluding carboxylic acids is 1. The Labute approximate surface area is 233 Å². The fourth-order valence-corrected chi connectivity index (χ4v) is 20.6. The third-order valence-corrected chi connectivity index (χ3v) is 21.3. The van der Waals surface area contributed by atoms with Gasteiger partial charge in [-0.15, -0.1) is 0 Å². The molecule has 0 aromatic heterocycles. The Morgan fingerprint density at radius 3 is 2.03 bits per heavy atom. The molecule has 0 bridgehead atoms. The molecule has 5 atom stereocenters. The van der Waals surface area contributed by atoms with Crippen LogP contribution in [0.4, 0.5) is 0 Å². The Balaban J connectivity index is 1.79. The summed E-state index contributed by atoms with van der Waals surface area (Å²) >= 11 is 0. The van der Waals surface area contributed by atoms with Gasteiger partial charge in [-0.3, -0.25) is 4.21 Å². The predicted molar refractivity (Wildman–Crippen MR) is 155 cm³/mol. The maximum Gasteiger partial charge on any atom is 0.338 e. The number of ether oxygens (including phenoxy) is 2. The molecular weight excluding hydrogens is 537 g/mol. The lowest BCUT2D eigenvalue weighted by Crippen LogP contribution is -2.70. The second-order valence-corrected chi connectivity index (χ2v) is 22.9. The van der Waals surface area contributed by atoms with Crippen LogP contribution < -0.4 is 4.74 Å². The molecule has 2 heterocycles. The number of methoxy groups -OCH3 is 1. The van der Waals surface area contributed by atoms with Gasteiger partial charge >= 0.3 is 23.1 Å². The Hall–Kier alpha value is -1.05. The Bertz CT molecular complexity index is 1010. The van der Waals surface area contributed by atoms with Crippen LogP contribution in [0.3, 0.4) is 0 Å². The number of rotatable bonds is 7. The van der Waals surface area contributed by atoms with Gasteiger partial charge in [0.25, 0.3) is 0 Å². The SMILES string of the molecule is COc1ccc(C(=O)O[C@H]2C[S@](=O)C34CCC[C@H]3O[Si](C(C)C)(C(C)C)O[Si](C(C)C)(C(C)C)O[C@@H]24)cc1. The number of carbonyl (C=O) groups is 1. The summed E-state index contributed by atoms with van der Waals surface area (Å²) in [4.78, 5) is 13.3. The molecule has 1 aromatic carbocycles. The van der Waals surface area contributed by atoms with E-state index < -0.39 is 50.8 Å². The van der Waals surface area contributed by atoms with Gasteiger partial charge in [-0.2, -0.15) is 0 Å². The van der Waals surface area contributed by atoms with Crippen molar-refractivity contribution in [3.63, 3.8) is 0 Å². The lowest BCUT2D eigenvalue weighted by atomic mass is 9.94. The Morgan fingerprint density at radius 2 is 1.50 bits per heavy atom. The first-order chi connectivity index (χ1) is 17.8. The standard InChI is InChI=1S/C28H46O7SSi2/c1-18(2)37(19(3)4)33-25-11-10-16-28(25)26(34-38(35-37,20(5)6)21(7)8)24(17-36(28)30)32-27(29)22-12-14-23(31-9)15-13-22/h12-15,18-21,24-26H,10-11,16-17H2,1-9H3/t24-,25+,26-,28?,36-/m0/s1. The summed E-state index contributed by atoms with van der Waals surface area (Å²) in [6, 6.07) is 6.87. The van der Waals surface area contributed by atoms with E-state index in [-0.39, 0.29) is 34.0 Å². The van der Waals surface area contributed by atoms with Crippen molar-refractivity contribution >= 4 is 33.9 Å². The summed E-state index contributed by atoms with van der Waals surface area (Å²) in [7, 11) is -5.43. The molecule has 214 valence electrons. The fourth-order valence-electron chi connectivity index (χ4n) is 6.82. The average molecular weight is 583 g/mol. The molecule has 0 amide bonds. The molecule has 1 aliphatic carbocycles. The van der Waals surface area contributed by atoms with Crippen LogP contribution in [-0.2, 0) is 28.5 Å². The van der Waals surface area contributed by atoms with Crippen LogP contribution in [0.15, 0.2) is 24.3 Å². The molecule has 3 fully saturated rings. The summed E-state index contributed by atoms with van der Waals surface area (Å²) in [6.07, 6.45) is 1.08. The van der Waals surface area contributed by atoms with E-state index in [0.717, 1.165) is 19.3 Å². The highest BCUT2D eigenvalue weighted by molar-refractivity contribution is 7.87. The molecule has 1 aromatic rings. The number of benzene rings is 1. The lowest BCUT2D eigenvalue weighted by Gasteiger charge is -2.55. The van der Waals surface area contributed by atoms with Gasteiger partial charge in [0.2, 0.25) is 0 Å². The zero-order chi connectivity index (χ0) is 28.0. The number of hydrogen-bond acceptors (Lipinski definition) is 7. The van der Waals surface area contributed by atoms with Gasteiger partial charge in [0.05, 0.1) is 29.3 Å². The zero-order valence-electron chi connectivity index (χ0n) is 24.4. The molecule has 0 radical (unpaired) electrons. The number of hydrogen-bond donors (Lipinski definition) is 0. The van der Waals surface area contributed by atoms with Gasteiger partial charge in [-0.1, -0.05) is 55.4 Å². The molecule has 4 rings (SSSR count). The minimum absolute atomic E-state index is 0.137. The highest BCUT2D eigenvalue weighted by Gasteiger charge is 2.70. The zero-order valence-corrected chi connectivity index (χ0v) is 27.3. The molecule has 2 aliphatic heterocycles. The normalized spacial score (nSPS) is 32.2. The van der Waals surface area contributed by atoms with E-state index in [4.69, 9.17) is 22.4 Å². The van der Waals surface area contributed by atoms with Crippen molar-refractivity contribution in [1.29, 1.82) is 0 Å². The van der Waals surface area contributed by atoms with Crippen LogP contribution in [-0.4, -0.2) is 63.2 Å². The van der Waals surface area contributed by atoms with Crippen LogP contribution >= 0.6 is 0 Å². The van der Waals surface area contributed by atoms with E-state index in [1.165, 1.54) is 0 Å². The maximum atomic E-state index is 14.1. The van der Waals surface area contributed by atoms with Crippen molar-refractivity contribution in [2.75, 3.05) is 12.9 Å². The summed E-state index contributed by atoms with van der Waals surface area (Å²) < 4.78 is 46.8. The molecule has 1 unspecified atom stereocenters. The topological polar surface area (TPSA) is 80.3 Å². The van der Waals surface area contributed by atoms with E-state index in [9.17, 15) is 9.00 Å². The summed E-state index contributed by atoms with van der Waals surface area (Å²) in [5, 5.41) is 0. The highest BCUT2D eigenvalue weighted by Crippen LogP contribution is 2.55. The van der Waals surface area contributed by atoms with Gasteiger partial charge in [-0.05, 0) is 65.7 Å². The van der Waals surface area contributed by atoms with Crippen LogP contribution in [0.25, 0.3) is 0 Å². The van der Waals surface area contributed by atoms with Crippen molar-refractivity contribution in [1.82, 2.24) is 0 Å². The highest BCUT2D eigenvalue weighted by atomic mass is 32.2. The van der Waals surface area contributed by atoms with Gasteiger partial charge in [0.15, 0.2) is 0 Å². The molecule has 1 spiro atoms. The van der Waals surface area contributed by atoms with Crippen LogP contribution in [0.5, 0.6) is 5.75 Å². The molecular formula is C28H46O7SSi2. The van der Waals surface area contributed by atoms with Gasteiger partial charge in [0.1, 0.15) is 18.0 Å². The minimum Gasteiger partial charge on any atom is -0.497 e. The van der Waals surface area contributed by atoms with Crippen LogP contribution in [0, 0.1) is 0 Å². The maximum absolute atomic E-state index is 14.1. The van der Waals surface area contributed by atoms with Crippen LogP contribution in [0.2, 0.25) is 22.2 Å². The Morgan fingerprint density at radius 1 is 0.947 bits per heavy atom. The third-order valence-electron chi connectivity index (χ3n) is 8.90. The molecule has 3 aliphatic rings. The minimum atomic E-state index is -2.95. The van der Waals surface area contributed by atoms with E-state index in [1.807, 2.05) is 0 Å². The monoisotopic (exact) mass is 582 g/mol. The van der Waals surface area contributed by atoms with E-state index in [1.54, 1.807) is 31.4 Å². The molecule has 10 heteroatoms. The summed E-state index contributed by atoms with van der Waals surface area (Å²) in [5.41, 5.74) is 1.13. The first-order valence-electron chi connectivity index (χ1n) is 14.1. The van der Waals surface area contributed by atoms with Crippen molar-refractivity contribution in [3.05, 3.63) is 29.8 Å². The van der Waals surface area contributed by atoms with Crippen molar-refractivity contribution in [3.8, 4) is 5.75 Å².